The van der Waals surface area contributed by atoms with E-state index in [0.29, 0.717) is 19.2 Å². The first-order chi connectivity index (χ1) is 8.27. The van der Waals surface area contributed by atoms with Crippen LogP contribution in [0.5, 0.6) is 0 Å². The van der Waals surface area contributed by atoms with Crippen molar-refractivity contribution in [1.82, 2.24) is 10.2 Å². The van der Waals surface area contributed by atoms with E-state index < -0.39 is 0 Å². The highest BCUT2D eigenvalue weighted by molar-refractivity contribution is 4.85. The van der Waals surface area contributed by atoms with Gasteiger partial charge in [-0.1, -0.05) is 0 Å². The highest BCUT2D eigenvalue weighted by atomic mass is 16.5. The molecule has 1 aliphatic rings. The van der Waals surface area contributed by atoms with Crippen molar-refractivity contribution in [2.24, 2.45) is 0 Å². The molecule has 0 heterocycles. The van der Waals surface area contributed by atoms with E-state index >= 15 is 0 Å². The maximum Gasteiger partial charge on any atom is 0.0791 e. The van der Waals surface area contributed by atoms with Gasteiger partial charge >= 0.3 is 0 Å². The monoisotopic (exact) mass is 246 g/mol. The van der Waals surface area contributed by atoms with E-state index in [1.54, 1.807) is 14.2 Å². The van der Waals surface area contributed by atoms with Crippen molar-refractivity contribution in [2.75, 3.05) is 53.6 Å². The summed E-state index contributed by atoms with van der Waals surface area (Å²) in [5, 5.41) is 13.1. The van der Waals surface area contributed by atoms with Gasteiger partial charge in [0.2, 0.25) is 0 Å². The van der Waals surface area contributed by atoms with Gasteiger partial charge in [0.1, 0.15) is 0 Å². The summed E-state index contributed by atoms with van der Waals surface area (Å²) in [6.07, 6.45) is 2.20. The van der Waals surface area contributed by atoms with Gasteiger partial charge in [-0.25, -0.2) is 0 Å². The average Bonchev–Trinajstić information content (AvgIpc) is 3.14. The second kappa shape index (κ2) is 8.83. The van der Waals surface area contributed by atoms with Crippen LogP contribution in [0.1, 0.15) is 12.8 Å². The zero-order valence-electron chi connectivity index (χ0n) is 11.0. The molecule has 17 heavy (non-hydrogen) atoms. The summed E-state index contributed by atoms with van der Waals surface area (Å²) in [6, 6.07) is 0.666. The molecule has 2 N–H and O–H groups in total. The van der Waals surface area contributed by atoms with Gasteiger partial charge in [-0.2, -0.15) is 0 Å². The van der Waals surface area contributed by atoms with Gasteiger partial charge in [0, 0.05) is 46.4 Å². The molecular weight excluding hydrogens is 220 g/mol. The summed E-state index contributed by atoms with van der Waals surface area (Å²) in [6.45, 7) is 4.47. The zero-order valence-corrected chi connectivity index (χ0v) is 11.0. The molecular formula is C12H26N2O3. The van der Waals surface area contributed by atoms with Gasteiger partial charge < -0.3 is 19.9 Å². The molecule has 5 heteroatoms. The van der Waals surface area contributed by atoms with E-state index in [1.165, 1.54) is 12.8 Å². The molecule has 0 aliphatic heterocycles. The van der Waals surface area contributed by atoms with Crippen molar-refractivity contribution >= 4 is 0 Å². The number of nitrogens with one attached hydrogen (secondary N) is 1. The Kier molecular flexibility index (Phi) is 7.72. The van der Waals surface area contributed by atoms with Gasteiger partial charge in [-0.05, 0) is 12.8 Å². The number of rotatable bonds is 11. The smallest absolute Gasteiger partial charge is 0.0791 e. The standard InChI is InChI=1S/C12H26N2O3/c1-16-7-5-13-9-12(15)10-14(6-8-17-2)11-3-4-11/h11-13,15H,3-10H2,1-2H3. The molecule has 1 fully saturated rings. The van der Waals surface area contributed by atoms with Crippen LogP contribution in [0.25, 0.3) is 0 Å². The molecule has 0 aromatic rings. The Balaban J connectivity index is 2.10. The van der Waals surface area contributed by atoms with Crippen molar-refractivity contribution < 1.29 is 14.6 Å². The molecule has 102 valence electrons. The molecule has 0 saturated heterocycles. The predicted molar refractivity (Wildman–Crippen MR) is 67.2 cm³/mol. The first-order valence-corrected chi connectivity index (χ1v) is 6.38. The van der Waals surface area contributed by atoms with E-state index in [9.17, 15) is 5.11 Å². The van der Waals surface area contributed by atoms with Gasteiger partial charge in [-0.15, -0.1) is 0 Å². The van der Waals surface area contributed by atoms with Crippen molar-refractivity contribution in [3.05, 3.63) is 0 Å². The van der Waals surface area contributed by atoms with E-state index in [4.69, 9.17) is 9.47 Å². The van der Waals surface area contributed by atoms with Crippen LogP contribution in [-0.2, 0) is 9.47 Å². The van der Waals surface area contributed by atoms with Crippen LogP contribution in [0.3, 0.4) is 0 Å². The lowest BCUT2D eigenvalue weighted by Gasteiger charge is -2.24. The van der Waals surface area contributed by atoms with Gasteiger partial charge in [0.05, 0.1) is 19.3 Å². The molecule has 1 unspecified atom stereocenters. The summed E-state index contributed by atoms with van der Waals surface area (Å²) in [5.74, 6) is 0. The predicted octanol–water partition coefficient (Wildman–Crippen LogP) is -0.306. The Hall–Kier alpha value is -0.200. The van der Waals surface area contributed by atoms with Crippen LogP contribution in [0.4, 0.5) is 0 Å². The normalized spacial score (nSPS) is 17.6. The van der Waals surface area contributed by atoms with E-state index in [1.807, 2.05) is 0 Å². The minimum atomic E-state index is -0.315. The first-order valence-electron chi connectivity index (χ1n) is 6.38. The molecule has 1 atom stereocenters. The summed E-state index contributed by atoms with van der Waals surface area (Å²) in [4.78, 5) is 2.33. The fourth-order valence-corrected chi connectivity index (χ4v) is 1.85. The Bertz CT molecular complexity index is 189. The third-order valence-corrected chi connectivity index (χ3v) is 2.95. The Morgan fingerprint density at radius 1 is 1.29 bits per heavy atom. The fraction of sp³-hybridized carbons (Fsp3) is 1.00. The van der Waals surface area contributed by atoms with Gasteiger partial charge in [-0.3, -0.25) is 4.90 Å². The SMILES string of the molecule is COCCNCC(O)CN(CCOC)C1CC1. The molecule has 0 bridgehead atoms. The van der Waals surface area contributed by atoms with Crippen molar-refractivity contribution in [2.45, 2.75) is 25.0 Å². The molecule has 0 amide bonds. The molecule has 0 spiro atoms. The second-order valence-corrected chi connectivity index (χ2v) is 4.57. The minimum Gasteiger partial charge on any atom is -0.390 e. The van der Waals surface area contributed by atoms with Crippen LogP contribution in [0.2, 0.25) is 0 Å². The average molecular weight is 246 g/mol. The molecule has 1 saturated carbocycles. The lowest BCUT2D eigenvalue weighted by atomic mass is 10.3. The fourth-order valence-electron chi connectivity index (χ4n) is 1.85. The Morgan fingerprint density at radius 3 is 2.59 bits per heavy atom. The maximum atomic E-state index is 9.91. The minimum absolute atomic E-state index is 0.315. The molecule has 0 aromatic heterocycles. The Labute approximate surface area is 104 Å². The lowest BCUT2D eigenvalue weighted by Crippen LogP contribution is -2.41. The molecule has 0 aromatic carbocycles. The maximum absolute atomic E-state index is 9.91. The number of ether oxygens (including phenoxy) is 2. The number of aliphatic hydroxyl groups excluding tert-OH is 1. The quantitative estimate of drug-likeness (QED) is 0.490. The highest BCUT2D eigenvalue weighted by Gasteiger charge is 2.29. The second-order valence-electron chi connectivity index (χ2n) is 4.57. The molecule has 1 aliphatic carbocycles. The van der Waals surface area contributed by atoms with E-state index in [2.05, 4.69) is 10.2 Å². The van der Waals surface area contributed by atoms with Crippen molar-refractivity contribution in [3.63, 3.8) is 0 Å². The van der Waals surface area contributed by atoms with Crippen molar-refractivity contribution in [1.29, 1.82) is 0 Å². The first kappa shape index (κ1) is 14.9. The molecule has 5 nitrogen and oxygen atoms in total. The topological polar surface area (TPSA) is 54.0 Å². The summed E-state index contributed by atoms with van der Waals surface area (Å²) < 4.78 is 10.0. The van der Waals surface area contributed by atoms with Crippen LogP contribution < -0.4 is 5.32 Å². The largest absolute Gasteiger partial charge is 0.390 e. The number of nitrogens with zero attached hydrogens (tertiary/aromatic N) is 1. The molecule has 1 rings (SSSR count). The van der Waals surface area contributed by atoms with Gasteiger partial charge in [0.15, 0.2) is 0 Å². The molecule has 0 radical (unpaired) electrons. The van der Waals surface area contributed by atoms with E-state index in [0.717, 1.165) is 26.2 Å². The van der Waals surface area contributed by atoms with E-state index in [-0.39, 0.29) is 6.10 Å². The van der Waals surface area contributed by atoms with Crippen molar-refractivity contribution in [3.8, 4) is 0 Å². The van der Waals surface area contributed by atoms with Crippen LogP contribution >= 0.6 is 0 Å². The number of aliphatic hydroxyl groups is 1. The zero-order chi connectivity index (χ0) is 12.5. The number of hydrogen-bond donors (Lipinski definition) is 2. The van der Waals surface area contributed by atoms with Crippen LogP contribution in [0.15, 0.2) is 0 Å². The Morgan fingerprint density at radius 2 is 2.00 bits per heavy atom. The third kappa shape index (κ3) is 6.95. The number of hydrogen-bond acceptors (Lipinski definition) is 5. The summed E-state index contributed by atoms with van der Waals surface area (Å²) in [5.41, 5.74) is 0. The van der Waals surface area contributed by atoms with Crippen LogP contribution in [-0.4, -0.2) is 75.8 Å². The lowest BCUT2D eigenvalue weighted by molar-refractivity contribution is 0.0828. The highest BCUT2D eigenvalue weighted by Crippen LogP contribution is 2.26. The summed E-state index contributed by atoms with van der Waals surface area (Å²) >= 11 is 0. The summed E-state index contributed by atoms with van der Waals surface area (Å²) in [7, 11) is 3.39. The number of methoxy groups -OCH3 is 2. The van der Waals surface area contributed by atoms with Gasteiger partial charge in [0.25, 0.3) is 0 Å². The van der Waals surface area contributed by atoms with Crippen LogP contribution in [0, 0.1) is 0 Å². The third-order valence-electron chi connectivity index (χ3n) is 2.95.